The molecular formula is C21H22N2O4S. The number of nitrogens with zero attached hydrogens (tertiary/aromatic N) is 2. The first-order chi connectivity index (χ1) is 13.2. The number of carbonyl (C=O) groups excluding carboxylic acids is 3. The summed E-state index contributed by atoms with van der Waals surface area (Å²) in [6.07, 6.45) is 1.71. The zero-order chi connectivity index (χ0) is 20.6. The fourth-order valence-corrected chi connectivity index (χ4v) is 4.15. The summed E-state index contributed by atoms with van der Waals surface area (Å²) in [5, 5.41) is -0.471. The summed E-state index contributed by atoms with van der Waals surface area (Å²) in [7, 11) is 1.23. The number of imide groups is 1. The van der Waals surface area contributed by atoms with E-state index in [4.69, 9.17) is 0 Å². The molecule has 1 saturated heterocycles. The van der Waals surface area contributed by atoms with Crippen LogP contribution in [0.5, 0.6) is 0 Å². The molecule has 1 aliphatic rings. The highest BCUT2D eigenvalue weighted by Crippen LogP contribution is 2.35. The number of aryl methyl sites for hydroxylation is 2. The van der Waals surface area contributed by atoms with Crippen LogP contribution < -0.4 is 0 Å². The Morgan fingerprint density at radius 1 is 1.14 bits per heavy atom. The number of methoxy groups -OCH3 is 1. The average Bonchev–Trinajstić information content (AvgIpc) is 3.10. The van der Waals surface area contributed by atoms with Crippen LogP contribution in [0.3, 0.4) is 0 Å². The van der Waals surface area contributed by atoms with Crippen molar-refractivity contribution in [2.24, 2.45) is 0 Å². The van der Waals surface area contributed by atoms with Gasteiger partial charge in [-0.2, -0.15) is 0 Å². The number of carbonyl (C=O) groups is 3. The van der Waals surface area contributed by atoms with Gasteiger partial charge >= 0.3 is 5.97 Å². The molecule has 1 aromatic carbocycles. The molecule has 146 valence electrons. The van der Waals surface area contributed by atoms with Gasteiger partial charge in [0.2, 0.25) is 0 Å². The second-order valence-corrected chi connectivity index (χ2v) is 7.74. The number of hydrogen-bond acceptors (Lipinski definition) is 5. The summed E-state index contributed by atoms with van der Waals surface area (Å²) in [6.45, 7) is 7.49. The van der Waals surface area contributed by atoms with E-state index in [1.54, 1.807) is 6.08 Å². The van der Waals surface area contributed by atoms with Gasteiger partial charge in [-0.15, -0.1) is 0 Å². The molecule has 3 rings (SSSR count). The minimum atomic E-state index is -0.955. The summed E-state index contributed by atoms with van der Waals surface area (Å²) in [5.74, 6) is -1.10. The number of hydrogen-bond donors (Lipinski definition) is 0. The van der Waals surface area contributed by atoms with Gasteiger partial charge in [-0.05, 0) is 69.3 Å². The average molecular weight is 398 g/mol. The zero-order valence-corrected chi connectivity index (χ0v) is 17.3. The molecule has 2 amide bonds. The molecule has 1 fully saturated rings. The van der Waals surface area contributed by atoms with Gasteiger partial charge in [-0.1, -0.05) is 17.7 Å². The molecule has 0 N–H and O–H groups in total. The third-order valence-corrected chi connectivity index (χ3v) is 5.69. The Morgan fingerprint density at radius 3 is 2.39 bits per heavy atom. The molecule has 1 atom stereocenters. The third kappa shape index (κ3) is 3.49. The molecule has 1 unspecified atom stereocenters. The molecule has 0 bridgehead atoms. The molecule has 0 radical (unpaired) electrons. The number of amides is 2. The van der Waals surface area contributed by atoms with Crippen LogP contribution in [0.15, 0.2) is 35.2 Å². The smallest absolute Gasteiger partial charge is 0.328 e. The summed E-state index contributed by atoms with van der Waals surface area (Å²) in [4.78, 5) is 37.9. The highest BCUT2D eigenvalue weighted by Gasteiger charge is 2.41. The lowest BCUT2D eigenvalue weighted by Crippen LogP contribution is -2.42. The first-order valence-corrected chi connectivity index (χ1v) is 9.67. The van der Waals surface area contributed by atoms with Crippen LogP contribution in [0, 0.1) is 20.8 Å². The van der Waals surface area contributed by atoms with E-state index in [0.717, 1.165) is 39.3 Å². The molecule has 28 heavy (non-hydrogen) atoms. The minimum Gasteiger partial charge on any atom is -0.467 e. The Morgan fingerprint density at radius 2 is 1.79 bits per heavy atom. The number of esters is 1. The Hall–Kier alpha value is -2.80. The van der Waals surface area contributed by atoms with Crippen molar-refractivity contribution in [2.75, 3.05) is 7.11 Å². The Balaban J connectivity index is 1.95. The van der Waals surface area contributed by atoms with Gasteiger partial charge < -0.3 is 9.30 Å². The van der Waals surface area contributed by atoms with E-state index in [2.05, 4.69) is 9.30 Å². The maximum absolute atomic E-state index is 12.7. The number of thioether (sulfide) groups is 1. The van der Waals surface area contributed by atoms with Crippen molar-refractivity contribution in [3.63, 3.8) is 0 Å². The van der Waals surface area contributed by atoms with Gasteiger partial charge in [0.15, 0.2) is 0 Å². The maximum Gasteiger partial charge on any atom is 0.328 e. The van der Waals surface area contributed by atoms with E-state index < -0.39 is 23.2 Å². The molecule has 1 aliphatic heterocycles. The van der Waals surface area contributed by atoms with Crippen LogP contribution in [-0.2, 0) is 14.3 Å². The highest BCUT2D eigenvalue weighted by atomic mass is 32.2. The molecular weight excluding hydrogens is 376 g/mol. The fourth-order valence-electron chi connectivity index (χ4n) is 3.26. The van der Waals surface area contributed by atoms with E-state index in [9.17, 15) is 14.4 Å². The van der Waals surface area contributed by atoms with E-state index in [1.807, 2.05) is 51.1 Å². The maximum atomic E-state index is 12.7. The molecule has 0 aliphatic carbocycles. The Labute approximate surface area is 168 Å². The van der Waals surface area contributed by atoms with Crippen LogP contribution in [0.1, 0.15) is 29.4 Å². The molecule has 1 aromatic heterocycles. The highest BCUT2D eigenvalue weighted by molar-refractivity contribution is 8.18. The Kier molecular flexibility index (Phi) is 5.47. The van der Waals surface area contributed by atoms with Crippen molar-refractivity contribution in [2.45, 2.75) is 33.7 Å². The molecule has 0 spiro atoms. The number of benzene rings is 1. The SMILES string of the molecule is COC(=O)C(C)N1C(=O)SC(=Cc2cc(C)n(-c3ccc(C)cc3)c2C)C1=O. The second-order valence-electron chi connectivity index (χ2n) is 6.75. The monoisotopic (exact) mass is 398 g/mol. The van der Waals surface area contributed by atoms with Crippen LogP contribution in [0.2, 0.25) is 0 Å². The number of aromatic nitrogens is 1. The number of rotatable bonds is 4. The van der Waals surface area contributed by atoms with Gasteiger partial charge in [-0.3, -0.25) is 14.5 Å². The van der Waals surface area contributed by atoms with Gasteiger partial charge in [0.05, 0.1) is 12.0 Å². The molecule has 0 saturated carbocycles. The predicted octanol–water partition coefficient (Wildman–Crippen LogP) is 4.00. The van der Waals surface area contributed by atoms with Crippen molar-refractivity contribution in [3.05, 3.63) is 57.8 Å². The van der Waals surface area contributed by atoms with E-state index in [0.29, 0.717) is 4.91 Å². The van der Waals surface area contributed by atoms with Crippen LogP contribution in [0.4, 0.5) is 4.79 Å². The van der Waals surface area contributed by atoms with E-state index in [-0.39, 0.29) is 0 Å². The van der Waals surface area contributed by atoms with Crippen molar-refractivity contribution < 1.29 is 19.1 Å². The fraction of sp³-hybridized carbons (Fsp3) is 0.286. The van der Waals surface area contributed by atoms with Gasteiger partial charge in [0.25, 0.3) is 11.1 Å². The number of ether oxygens (including phenoxy) is 1. The summed E-state index contributed by atoms with van der Waals surface area (Å²) < 4.78 is 6.76. The molecule has 2 aromatic rings. The molecule has 2 heterocycles. The normalized spacial score (nSPS) is 16.8. The van der Waals surface area contributed by atoms with E-state index >= 15 is 0 Å². The van der Waals surface area contributed by atoms with E-state index in [1.165, 1.54) is 19.6 Å². The van der Waals surface area contributed by atoms with Crippen LogP contribution in [0.25, 0.3) is 11.8 Å². The third-order valence-electron chi connectivity index (χ3n) is 4.80. The van der Waals surface area contributed by atoms with Crippen molar-refractivity contribution in [1.82, 2.24) is 9.47 Å². The summed E-state index contributed by atoms with van der Waals surface area (Å²) >= 11 is 0.836. The lowest BCUT2D eigenvalue weighted by atomic mass is 10.2. The zero-order valence-electron chi connectivity index (χ0n) is 16.5. The minimum absolute atomic E-state index is 0.296. The van der Waals surface area contributed by atoms with Crippen molar-refractivity contribution >= 4 is 35.0 Å². The van der Waals surface area contributed by atoms with Gasteiger partial charge in [0.1, 0.15) is 6.04 Å². The summed E-state index contributed by atoms with van der Waals surface area (Å²) in [6, 6.07) is 9.22. The predicted molar refractivity (Wildman–Crippen MR) is 109 cm³/mol. The first kappa shape index (κ1) is 19.9. The lowest BCUT2D eigenvalue weighted by Gasteiger charge is -2.18. The van der Waals surface area contributed by atoms with Crippen LogP contribution in [-0.4, -0.2) is 39.7 Å². The standard InChI is InChI=1S/C21H22N2O4S/c1-12-6-8-17(9-7-12)22-13(2)10-16(14(22)3)11-18-19(24)23(21(26)28-18)15(4)20(25)27-5/h6-11,15H,1-5H3. The summed E-state index contributed by atoms with van der Waals surface area (Å²) in [5.41, 5.74) is 5.06. The topological polar surface area (TPSA) is 68.6 Å². The Bertz CT molecular complexity index is 989. The molecule has 6 nitrogen and oxygen atoms in total. The van der Waals surface area contributed by atoms with Gasteiger partial charge in [-0.25, -0.2) is 4.79 Å². The lowest BCUT2D eigenvalue weighted by molar-refractivity contribution is -0.148. The molecule has 7 heteroatoms. The van der Waals surface area contributed by atoms with Gasteiger partial charge in [0, 0.05) is 17.1 Å². The van der Waals surface area contributed by atoms with Crippen LogP contribution >= 0.6 is 11.8 Å². The van der Waals surface area contributed by atoms with Crippen molar-refractivity contribution in [1.29, 1.82) is 0 Å². The largest absolute Gasteiger partial charge is 0.467 e. The quantitative estimate of drug-likeness (QED) is 0.575. The van der Waals surface area contributed by atoms with Crippen molar-refractivity contribution in [3.8, 4) is 5.69 Å². The first-order valence-electron chi connectivity index (χ1n) is 8.85. The second kappa shape index (κ2) is 7.67.